The SMILES string of the molecule is CCc1ccc(CN(C)C(=O)c2cnc3ccc(C)cn3c2=O)cc1. The Bertz CT molecular complexity index is 974. The second kappa shape index (κ2) is 6.89. The Hall–Kier alpha value is -2.95. The summed E-state index contributed by atoms with van der Waals surface area (Å²) in [5.41, 5.74) is 3.49. The molecule has 1 aromatic carbocycles. The number of pyridine rings is 1. The van der Waals surface area contributed by atoms with Gasteiger partial charge in [0.25, 0.3) is 11.5 Å². The number of rotatable bonds is 4. The zero-order valence-electron chi connectivity index (χ0n) is 14.7. The van der Waals surface area contributed by atoms with Crippen LogP contribution in [-0.2, 0) is 13.0 Å². The maximum atomic E-state index is 12.7. The van der Waals surface area contributed by atoms with Gasteiger partial charge in [0, 0.05) is 26.0 Å². The van der Waals surface area contributed by atoms with Crippen LogP contribution in [0.4, 0.5) is 0 Å². The molecule has 25 heavy (non-hydrogen) atoms. The molecule has 3 aromatic rings. The highest BCUT2D eigenvalue weighted by atomic mass is 16.2. The third-order valence-electron chi connectivity index (χ3n) is 4.28. The van der Waals surface area contributed by atoms with E-state index in [0.717, 1.165) is 17.5 Å². The van der Waals surface area contributed by atoms with Crippen molar-refractivity contribution >= 4 is 11.6 Å². The van der Waals surface area contributed by atoms with Gasteiger partial charge < -0.3 is 4.90 Å². The molecule has 0 saturated carbocycles. The summed E-state index contributed by atoms with van der Waals surface area (Å²) in [6.45, 7) is 4.44. The van der Waals surface area contributed by atoms with Gasteiger partial charge in [0.2, 0.25) is 0 Å². The molecule has 0 atom stereocenters. The maximum Gasteiger partial charge on any atom is 0.270 e. The van der Waals surface area contributed by atoms with E-state index in [1.807, 2.05) is 25.1 Å². The molecule has 0 saturated heterocycles. The number of hydrogen-bond acceptors (Lipinski definition) is 3. The Labute approximate surface area is 146 Å². The van der Waals surface area contributed by atoms with Gasteiger partial charge >= 0.3 is 0 Å². The number of fused-ring (bicyclic) bond motifs is 1. The minimum Gasteiger partial charge on any atom is -0.337 e. The first-order valence-electron chi connectivity index (χ1n) is 8.31. The molecule has 2 heterocycles. The fraction of sp³-hybridized carbons (Fsp3) is 0.250. The van der Waals surface area contributed by atoms with E-state index >= 15 is 0 Å². The number of carbonyl (C=O) groups excluding carboxylic acids is 1. The minimum atomic E-state index is -0.341. The summed E-state index contributed by atoms with van der Waals surface area (Å²) in [4.78, 5) is 31.1. The van der Waals surface area contributed by atoms with Crippen LogP contribution in [0.15, 0.2) is 53.6 Å². The van der Waals surface area contributed by atoms with Gasteiger partial charge in [0.15, 0.2) is 0 Å². The maximum absolute atomic E-state index is 12.7. The van der Waals surface area contributed by atoms with Crippen molar-refractivity contribution in [3.8, 4) is 0 Å². The van der Waals surface area contributed by atoms with Crippen LogP contribution in [0.1, 0.15) is 34.0 Å². The van der Waals surface area contributed by atoms with Crippen LogP contribution in [0.5, 0.6) is 0 Å². The molecule has 0 aliphatic rings. The number of nitrogens with zero attached hydrogens (tertiary/aromatic N) is 3. The van der Waals surface area contributed by atoms with Crippen LogP contribution in [0, 0.1) is 6.92 Å². The topological polar surface area (TPSA) is 54.7 Å². The highest BCUT2D eigenvalue weighted by molar-refractivity contribution is 5.93. The van der Waals surface area contributed by atoms with Gasteiger partial charge in [-0.1, -0.05) is 37.3 Å². The van der Waals surface area contributed by atoms with E-state index in [9.17, 15) is 9.59 Å². The van der Waals surface area contributed by atoms with Crippen LogP contribution in [0.3, 0.4) is 0 Å². The minimum absolute atomic E-state index is 0.0794. The zero-order valence-corrected chi connectivity index (χ0v) is 14.7. The molecule has 0 unspecified atom stereocenters. The van der Waals surface area contributed by atoms with E-state index in [1.54, 1.807) is 24.2 Å². The van der Waals surface area contributed by atoms with Crippen molar-refractivity contribution in [1.29, 1.82) is 0 Å². The molecule has 3 rings (SSSR count). The molecule has 5 nitrogen and oxygen atoms in total. The lowest BCUT2D eigenvalue weighted by Crippen LogP contribution is -2.33. The third kappa shape index (κ3) is 3.45. The van der Waals surface area contributed by atoms with E-state index in [0.29, 0.717) is 12.2 Å². The molecule has 128 valence electrons. The first-order valence-corrected chi connectivity index (χ1v) is 8.31. The van der Waals surface area contributed by atoms with E-state index in [1.165, 1.54) is 16.2 Å². The van der Waals surface area contributed by atoms with Gasteiger partial charge in [-0.3, -0.25) is 14.0 Å². The van der Waals surface area contributed by atoms with Crippen LogP contribution >= 0.6 is 0 Å². The Kier molecular flexibility index (Phi) is 4.65. The first kappa shape index (κ1) is 16.9. The number of benzene rings is 1. The van der Waals surface area contributed by atoms with Crippen LogP contribution in [0.25, 0.3) is 5.65 Å². The van der Waals surface area contributed by atoms with Gasteiger partial charge in [0.1, 0.15) is 11.2 Å². The first-order chi connectivity index (χ1) is 12.0. The predicted octanol–water partition coefficient (Wildman–Crippen LogP) is 2.84. The number of aryl methyl sites for hydroxylation is 2. The summed E-state index contributed by atoms with van der Waals surface area (Å²) in [7, 11) is 1.70. The molecule has 0 radical (unpaired) electrons. The van der Waals surface area contributed by atoms with Crippen molar-refractivity contribution < 1.29 is 4.79 Å². The van der Waals surface area contributed by atoms with Crippen molar-refractivity contribution in [2.45, 2.75) is 26.8 Å². The van der Waals surface area contributed by atoms with Crippen molar-refractivity contribution in [3.05, 3.63) is 81.4 Å². The molecular formula is C20H21N3O2. The quantitative estimate of drug-likeness (QED) is 0.737. The summed E-state index contributed by atoms with van der Waals surface area (Å²) in [6.07, 6.45) is 4.05. The van der Waals surface area contributed by atoms with Crippen molar-refractivity contribution in [2.75, 3.05) is 7.05 Å². The van der Waals surface area contributed by atoms with Crippen LogP contribution < -0.4 is 5.56 Å². The fourth-order valence-electron chi connectivity index (χ4n) is 2.76. The average molecular weight is 335 g/mol. The molecule has 2 aromatic heterocycles. The van der Waals surface area contributed by atoms with Crippen molar-refractivity contribution in [2.24, 2.45) is 0 Å². The summed E-state index contributed by atoms with van der Waals surface area (Å²) < 4.78 is 1.42. The second-order valence-corrected chi connectivity index (χ2v) is 6.24. The van der Waals surface area contributed by atoms with E-state index in [2.05, 4.69) is 24.0 Å². The Balaban J connectivity index is 1.87. The smallest absolute Gasteiger partial charge is 0.270 e. The summed E-state index contributed by atoms with van der Waals surface area (Å²) in [5, 5.41) is 0. The molecule has 0 bridgehead atoms. The molecule has 0 spiro atoms. The predicted molar refractivity (Wildman–Crippen MR) is 97.8 cm³/mol. The lowest BCUT2D eigenvalue weighted by molar-refractivity contribution is 0.0782. The highest BCUT2D eigenvalue weighted by Gasteiger charge is 2.17. The molecule has 0 aliphatic carbocycles. The highest BCUT2D eigenvalue weighted by Crippen LogP contribution is 2.09. The number of hydrogen-bond donors (Lipinski definition) is 0. The second-order valence-electron chi connectivity index (χ2n) is 6.24. The standard InChI is InChI=1S/C20H21N3O2/c1-4-15-6-8-16(9-7-15)13-22(3)19(24)17-11-21-18-10-5-14(2)12-23(18)20(17)25/h5-12H,4,13H2,1-3H3. The average Bonchev–Trinajstić information content (AvgIpc) is 2.62. The van der Waals surface area contributed by atoms with Crippen molar-refractivity contribution in [1.82, 2.24) is 14.3 Å². The van der Waals surface area contributed by atoms with Crippen molar-refractivity contribution in [3.63, 3.8) is 0 Å². The summed E-state index contributed by atoms with van der Waals surface area (Å²) in [5.74, 6) is -0.326. The molecule has 0 N–H and O–H groups in total. The van der Waals surface area contributed by atoms with E-state index < -0.39 is 0 Å². The Morgan fingerprint density at radius 1 is 1.12 bits per heavy atom. The van der Waals surface area contributed by atoms with Gasteiger partial charge in [-0.2, -0.15) is 0 Å². The van der Waals surface area contributed by atoms with E-state index in [-0.39, 0.29) is 17.0 Å². The Morgan fingerprint density at radius 3 is 2.48 bits per heavy atom. The molecule has 0 fully saturated rings. The van der Waals surface area contributed by atoms with Crippen LogP contribution in [0.2, 0.25) is 0 Å². The number of amides is 1. The number of carbonyl (C=O) groups is 1. The van der Waals surface area contributed by atoms with Crippen LogP contribution in [-0.4, -0.2) is 27.2 Å². The lowest BCUT2D eigenvalue weighted by atomic mass is 10.1. The van der Waals surface area contributed by atoms with E-state index in [4.69, 9.17) is 0 Å². The Morgan fingerprint density at radius 2 is 1.80 bits per heavy atom. The zero-order chi connectivity index (χ0) is 18.0. The summed E-state index contributed by atoms with van der Waals surface area (Å²) >= 11 is 0. The molecule has 1 amide bonds. The fourth-order valence-corrected chi connectivity index (χ4v) is 2.76. The summed E-state index contributed by atoms with van der Waals surface area (Å²) in [6, 6.07) is 11.8. The molecular weight excluding hydrogens is 314 g/mol. The molecule has 5 heteroatoms. The van der Waals surface area contributed by atoms with Gasteiger partial charge in [-0.05, 0) is 36.1 Å². The monoisotopic (exact) mass is 335 g/mol. The van der Waals surface area contributed by atoms with Gasteiger partial charge in [0.05, 0.1) is 0 Å². The normalized spacial score (nSPS) is 10.8. The number of aromatic nitrogens is 2. The van der Waals surface area contributed by atoms with Gasteiger partial charge in [-0.15, -0.1) is 0 Å². The largest absolute Gasteiger partial charge is 0.337 e. The third-order valence-corrected chi connectivity index (χ3v) is 4.28. The van der Waals surface area contributed by atoms with Gasteiger partial charge in [-0.25, -0.2) is 4.98 Å². The lowest BCUT2D eigenvalue weighted by Gasteiger charge is -2.17. The molecule has 0 aliphatic heterocycles.